The summed E-state index contributed by atoms with van der Waals surface area (Å²) in [4.78, 5) is 23.3. The molecular formula is C29H27N3O6. The van der Waals surface area contributed by atoms with E-state index in [-0.39, 0.29) is 17.9 Å². The van der Waals surface area contributed by atoms with E-state index in [4.69, 9.17) is 14.2 Å². The van der Waals surface area contributed by atoms with Gasteiger partial charge in [-0.25, -0.2) is 0 Å². The Bertz CT molecular complexity index is 1390. The van der Waals surface area contributed by atoms with Crippen molar-refractivity contribution in [2.24, 2.45) is 0 Å². The maximum Gasteiger partial charge on any atom is 0.269 e. The van der Waals surface area contributed by atoms with Gasteiger partial charge in [-0.3, -0.25) is 14.9 Å². The van der Waals surface area contributed by atoms with E-state index in [0.29, 0.717) is 41.5 Å². The van der Waals surface area contributed by atoms with Gasteiger partial charge in [-0.15, -0.1) is 6.58 Å². The number of nitrogens with one attached hydrogen (secondary N) is 1. The first-order valence-electron chi connectivity index (χ1n) is 11.7. The molecule has 0 atom stereocenters. The number of hydrogen-bond donors (Lipinski definition) is 1. The van der Waals surface area contributed by atoms with Gasteiger partial charge in [-0.05, 0) is 66.9 Å². The molecule has 0 bridgehead atoms. The van der Waals surface area contributed by atoms with E-state index >= 15 is 0 Å². The molecular weight excluding hydrogens is 486 g/mol. The van der Waals surface area contributed by atoms with E-state index in [0.717, 1.165) is 11.1 Å². The molecule has 0 aliphatic rings. The molecule has 0 aromatic heterocycles. The SMILES string of the molecule is C=CCc1cc(C=C(C#N)C(=O)Nc2cccc(OC)c2)cc(OCC)c1OCc1ccc([N+](=O)[O-])cc1. The number of methoxy groups -OCH3 is 1. The van der Waals surface area contributed by atoms with E-state index in [2.05, 4.69) is 11.9 Å². The summed E-state index contributed by atoms with van der Waals surface area (Å²) in [6, 6.07) is 18.4. The summed E-state index contributed by atoms with van der Waals surface area (Å²) in [5.74, 6) is 0.930. The number of rotatable bonds is 12. The van der Waals surface area contributed by atoms with Crippen molar-refractivity contribution in [3.8, 4) is 23.3 Å². The van der Waals surface area contributed by atoms with Gasteiger partial charge in [-0.2, -0.15) is 5.26 Å². The van der Waals surface area contributed by atoms with Crippen molar-refractivity contribution in [3.05, 3.63) is 106 Å². The molecule has 0 radical (unpaired) electrons. The van der Waals surface area contributed by atoms with Crippen LogP contribution in [0.25, 0.3) is 6.08 Å². The van der Waals surface area contributed by atoms with E-state index in [1.807, 2.05) is 13.0 Å². The van der Waals surface area contributed by atoms with Crippen LogP contribution < -0.4 is 19.5 Å². The molecule has 0 fully saturated rings. The second-order valence-electron chi connectivity index (χ2n) is 8.00. The Morgan fingerprint density at radius 3 is 2.55 bits per heavy atom. The predicted molar refractivity (Wildman–Crippen MR) is 144 cm³/mol. The lowest BCUT2D eigenvalue weighted by Crippen LogP contribution is -2.13. The number of benzene rings is 3. The first-order chi connectivity index (χ1) is 18.4. The molecule has 9 nitrogen and oxygen atoms in total. The average Bonchev–Trinajstić information content (AvgIpc) is 2.91. The molecule has 3 aromatic rings. The smallest absolute Gasteiger partial charge is 0.269 e. The summed E-state index contributed by atoms with van der Waals surface area (Å²) < 4.78 is 17.1. The molecule has 0 spiro atoms. The van der Waals surface area contributed by atoms with Crippen LogP contribution in [0.2, 0.25) is 0 Å². The Labute approximate surface area is 220 Å². The second-order valence-corrected chi connectivity index (χ2v) is 8.00. The van der Waals surface area contributed by atoms with Crippen molar-refractivity contribution in [3.63, 3.8) is 0 Å². The number of nitro groups is 1. The zero-order valence-corrected chi connectivity index (χ0v) is 21.1. The van der Waals surface area contributed by atoms with Crippen molar-refractivity contribution < 1.29 is 23.9 Å². The largest absolute Gasteiger partial charge is 0.497 e. The van der Waals surface area contributed by atoms with Crippen LogP contribution in [-0.2, 0) is 17.8 Å². The van der Waals surface area contributed by atoms with Crippen LogP contribution in [0.4, 0.5) is 11.4 Å². The summed E-state index contributed by atoms with van der Waals surface area (Å²) in [6.45, 7) is 6.16. The van der Waals surface area contributed by atoms with Gasteiger partial charge < -0.3 is 19.5 Å². The molecule has 0 heterocycles. The monoisotopic (exact) mass is 513 g/mol. The zero-order valence-electron chi connectivity index (χ0n) is 21.1. The fourth-order valence-electron chi connectivity index (χ4n) is 3.58. The summed E-state index contributed by atoms with van der Waals surface area (Å²) >= 11 is 0. The lowest BCUT2D eigenvalue weighted by molar-refractivity contribution is -0.384. The van der Waals surface area contributed by atoms with Crippen molar-refractivity contribution >= 4 is 23.4 Å². The number of allylic oxidation sites excluding steroid dienone is 1. The molecule has 0 saturated heterocycles. The molecule has 1 N–H and O–H groups in total. The molecule has 0 aliphatic carbocycles. The van der Waals surface area contributed by atoms with Crippen molar-refractivity contribution in [2.45, 2.75) is 20.0 Å². The van der Waals surface area contributed by atoms with Crippen LogP contribution in [0.3, 0.4) is 0 Å². The third-order valence-corrected chi connectivity index (χ3v) is 5.35. The molecule has 9 heteroatoms. The van der Waals surface area contributed by atoms with Gasteiger partial charge in [0.25, 0.3) is 11.6 Å². The minimum Gasteiger partial charge on any atom is -0.497 e. The van der Waals surface area contributed by atoms with Gasteiger partial charge in [0.05, 0.1) is 18.6 Å². The first-order valence-corrected chi connectivity index (χ1v) is 11.7. The summed E-state index contributed by atoms with van der Waals surface area (Å²) in [7, 11) is 1.53. The van der Waals surface area contributed by atoms with Crippen LogP contribution in [-0.4, -0.2) is 24.5 Å². The highest BCUT2D eigenvalue weighted by Gasteiger charge is 2.16. The van der Waals surface area contributed by atoms with Gasteiger partial charge in [0, 0.05) is 29.4 Å². The maximum absolute atomic E-state index is 12.8. The number of nitriles is 1. The minimum atomic E-state index is -0.567. The lowest BCUT2D eigenvalue weighted by Gasteiger charge is -2.17. The number of carbonyl (C=O) groups excluding carboxylic acids is 1. The molecule has 1 amide bonds. The van der Waals surface area contributed by atoms with Gasteiger partial charge in [-0.1, -0.05) is 12.1 Å². The van der Waals surface area contributed by atoms with E-state index < -0.39 is 10.8 Å². The number of ether oxygens (including phenoxy) is 3. The summed E-state index contributed by atoms with van der Waals surface area (Å²) in [5, 5.41) is 23.3. The Morgan fingerprint density at radius 1 is 1.16 bits per heavy atom. The van der Waals surface area contributed by atoms with Crippen LogP contribution in [0, 0.1) is 21.4 Å². The summed E-state index contributed by atoms with van der Waals surface area (Å²) in [6.07, 6.45) is 3.62. The first kappa shape index (κ1) is 27.5. The normalized spacial score (nSPS) is 10.7. The number of hydrogen-bond acceptors (Lipinski definition) is 7. The van der Waals surface area contributed by atoms with Gasteiger partial charge in [0.15, 0.2) is 11.5 Å². The lowest BCUT2D eigenvalue weighted by atomic mass is 10.0. The molecule has 0 aliphatic heterocycles. The third-order valence-electron chi connectivity index (χ3n) is 5.35. The quantitative estimate of drug-likeness (QED) is 0.106. The maximum atomic E-state index is 12.8. The third kappa shape index (κ3) is 7.21. The number of nitro benzene ring substituents is 1. The highest BCUT2D eigenvalue weighted by molar-refractivity contribution is 6.09. The van der Waals surface area contributed by atoms with Crippen LogP contribution in [0.1, 0.15) is 23.6 Å². The molecule has 0 unspecified atom stereocenters. The Kier molecular flexibility index (Phi) is 9.60. The Morgan fingerprint density at radius 2 is 1.92 bits per heavy atom. The standard InChI is InChI=1S/C29H27N3O6/c1-4-7-22-14-21(15-23(18-30)29(33)31-24-8-6-9-26(17-24)36-3)16-27(37-5-2)28(22)38-19-20-10-12-25(13-11-20)32(34)35/h4,6,8-17H,1,5,7,19H2,2-3H3,(H,31,33). The number of amides is 1. The van der Waals surface area contributed by atoms with Gasteiger partial charge >= 0.3 is 0 Å². The zero-order chi connectivity index (χ0) is 27.5. The van der Waals surface area contributed by atoms with Crippen LogP contribution in [0.5, 0.6) is 17.2 Å². The number of carbonyl (C=O) groups is 1. The molecule has 38 heavy (non-hydrogen) atoms. The van der Waals surface area contributed by atoms with Gasteiger partial charge in [0.1, 0.15) is 24.0 Å². The van der Waals surface area contributed by atoms with Gasteiger partial charge in [0.2, 0.25) is 0 Å². The number of non-ortho nitro benzene ring substituents is 1. The minimum absolute atomic E-state index is 0.00372. The highest BCUT2D eigenvalue weighted by Crippen LogP contribution is 2.35. The molecule has 3 aromatic carbocycles. The van der Waals surface area contributed by atoms with Crippen molar-refractivity contribution in [2.75, 3.05) is 19.0 Å². The van der Waals surface area contributed by atoms with Crippen LogP contribution >= 0.6 is 0 Å². The average molecular weight is 514 g/mol. The fourth-order valence-corrected chi connectivity index (χ4v) is 3.58. The van der Waals surface area contributed by atoms with E-state index in [1.54, 1.807) is 54.6 Å². The van der Waals surface area contributed by atoms with Crippen molar-refractivity contribution in [1.29, 1.82) is 5.26 Å². The topological polar surface area (TPSA) is 124 Å². The number of anilines is 1. The highest BCUT2D eigenvalue weighted by atomic mass is 16.6. The number of nitrogens with zero attached hydrogens (tertiary/aromatic N) is 2. The van der Waals surface area contributed by atoms with Crippen molar-refractivity contribution in [1.82, 2.24) is 0 Å². The van der Waals surface area contributed by atoms with E-state index in [1.165, 1.54) is 25.3 Å². The summed E-state index contributed by atoms with van der Waals surface area (Å²) in [5.41, 5.74) is 2.45. The predicted octanol–water partition coefficient (Wildman–Crippen LogP) is 5.86. The molecule has 0 saturated carbocycles. The molecule has 194 valence electrons. The van der Waals surface area contributed by atoms with E-state index in [9.17, 15) is 20.2 Å². The Hall–Kier alpha value is -5.10. The fraction of sp³-hybridized carbons (Fsp3) is 0.172. The Balaban J connectivity index is 1.90. The second kappa shape index (κ2) is 13.3. The molecule has 3 rings (SSSR count). The van der Waals surface area contributed by atoms with Crippen LogP contribution in [0.15, 0.2) is 78.9 Å².